The minimum absolute atomic E-state index is 0.192. The Morgan fingerprint density at radius 2 is 1.45 bits per heavy atom. The topological polar surface area (TPSA) is 119 Å². The standard InChI is InChI=1S/C21H18N4O6/c1-13-12-24(20(26)14-10-18(30-22-14)16-4-2-8-28-16)6-7-25(13)21(27)15-11-19(31-23-15)17-5-3-9-29-17/h2-5,8-11,13H,6-7,12H2,1H3/t13-/m0/s1. The molecule has 0 aromatic carbocycles. The Balaban J connectivity index is 1.25. The van der Waals surface area contributed by atoms with E-state index in [4.69, 9.17) is 17.9 Å². The molecule has 0 unspecified atom stereocenters. The zero-order valence-corrected chi connectivity index (χ0v) is 16.6. The average molecular weight is 422 g/mol. The van der Waals surface area contributed by atoms with Crippen molar-refractivity contribution >= 4 is 11.8 Å². The van der Waals surface area contributed by atoms with Crippen molar-refractivity contribution in [1.82, 2.24) is 20.1 Å². The largest absolute Gasteiger partial charge is 0.461 e. The first kappa shape index (κ1) is 18.9. The highest BCUT2D eigenvalue weighted by atomic mass is 16.5. The van der Waals surface area contributed by atoms with Gasteiger partial charge in [-0.3, -0.25) is 9.59 Å². The fourth-order valence-electron chi connectivity index (χ4n) is 3.57. The molecule has 1 aliphatic heterocycles. The summed E-state index contributed by atoms with van der Waals surface area (Å²) in [7, 11) is 0. The highest BCUT2D eigenvalue weighted by molar-refractivity contribution is 5.95. The van der Waals surface area contributed by atoms with Crippen LogP contribution in [0.15, 0.2) is 66.8 Å². The maximum absolute atomic E-state index is 12.9. The number of furan rings is 2. The Hall–Kier alpha value is -4.08. The first-order chi connectivity index (χ1) is 15.1. The number of carbonyl (C=O) groups is 2. The van der Waals surface area contributed by atoms with Crippen molar-refractivity contribution < 1.29 is 27.5 Å². The lowest BCUT2D eigenvalue weighted by atomic mass is 10.1. The van der Waals surface area contributed by atoms with Gasteiger partial charge in [-0.05, 0) is 31.2 Å². The van der Waals surface area contributed by atoms with E-state index < -0.39 is 0 Å². The van der Waals surface area contributed by atoms with Crippen LogP contribution in [0.25, 0.3) is 23.0 Å². The van der Waals surface area contributed by atoms with E-state index in [1.165, 1.54) is 12.5 Å². The van der Waals surface area contributed by atoms with E-state index in [1.54, 1.807) is 46.2 Å². The predicted octanol–water partition coefficient (Wildman–Crippen LogP) is 3.17. The third-order valence-corrected chi connectivity index (χ3v) is 5.16. The van der Waals surface area contributed by atoms with Gasteiger partial charge in [0.25, 0.3) is 11.8 Å². The summed E-state index contributed by atoms with van der Waals surface area (Å²) in [6.07, 6.45) is 3.04. The smallest absolute Gasteiger partial charge is 0.276 e. The Labute approximate surface area is 176 Å². The first-order valence-electron chi connectivity index (χ1n) is 9.71. The summed E-state index contributed by atoms with van der Waals surface area (Å²) in [5, 5.41) is 7.74. The lowest BCUT2D eigenvalue weighted by molar-refractivity contribution is 0.0403. The molecule has 0 radical (unpaired) electrons. The Bertz CT molecular complexity index is 1190. The molecule has 10 nitrogen and oxygen atoms in total. The molecule has 2 amide bonds. The van der Waals surface area contributed by atoms with Crippen molar-refractivity contribution in [3.05, 3.63) is 60.3 Å². The summed E-state index contributed by atoms with van der Waals surface area (Å²) in [6, 6.07) is 9.79. The molecule has 5 rings (SSSR count). The van der Waals surface area contributed by atoms with E-state index in [2.05, 4.69) is 10.3 Å². The number of piperazine rings is 1. The second kappa shape index (κ2) is 7.63. The maximum atomic E-state index is 12.9. The van der Waals surface area contributed by atoms with Gasteiger partial charge in [0.1, 0.15) is 0 Å². The normalized spacial score (nSPS) is 16.6. The van der Waals surface area contributed by atoms with E-state index in [1.807, 2.05) is 6.92 Å². The third kappa shape index (κ3) is 3.52. The number of rotatable bonds is 4. The van der Waals surface area contributed by atoms with Crippen LogP contribution >= 0.6 is 0 Å². The van der Waals surface area contributed by atoms with Gasteiger partial charge in [0.15, 0.2) is 22.9 Å². The number of hydrogen-bond acceptors (Lipinski definition) is 8. The van der Waals surface area contributed by atoms with Crippen LogP contribution in [0.5, 0.6) is 0 Å². The molecule has 1 saturated heterocycles. The fraction of sp³-hybridized carbons (Fsp3) is 0.238. The Morgan fingerprint density at radius 3 is 1.97 bits per heavy atom. The molecular weight excluding hydrogens is 404 g/mol. The fourth-order valence-corrected chi connectivity index (χ4v) is 3.57. The van der Waals surface area contributed by atoms with Gasteiger partial charge in [-0.2, -0.15) is 0 Å². The predicted molar refractivity (Wildman–Crippen MR) is 105 cm³/mol. The summed E-state index contributed by atoms with van der Waals surface area (Å²) in [5.74, 6) is 1.24. The van der Waals surface area contributed by atoms with Gasteiger partial charge < -0.3 is 27.7 Å². The van der Waals surface area contributed by atoms with Crippen LogP contribution < -0.4 is 0 Å². The van der Waals surface area contributed by atoms with E-state index in [0.29, 0.717) is 42.7 Å². The second-order valence-electron chi connectivity index (χ2n) is 7.21. The van der Waals surface area contributed by atoms with Crippen molar-refractivity contribution in [2.24, 2.45) is 0 Å². The van der Waals surface area contributed by atoms with Gasteiger partial charge in [0.2, 0.25) is 11.5 Å². The summed E-state index contributed by atoms with van der Waals surface area (Å²) in [4.78, 5) is 29.1. The average Bonchev–Trinajstić information content (AvgIpc) is 3.58. The van der Waals surface area contributed by atoms with Crippen molar-refractivity contribution in [3.8, 4) is 23.0 Å². The van der Waals surface area contributed by atoms with Crippen LogP contribution in [0.4, 0.5) is 0 Å². The van der Waals surface area contributed by atoms with Crippen molar-refractivity contribution in [3.63, 3.8) is 0 Å². The van der Waals surface area contributed by atoms with Gasteiger partial charge in [-0.1, -0.05) is 10.3 Å². The van der Waals surface area contributed by atoms with Gasteiger partial charge in [0, 0.05) is 37.8 Å². The van der Waals surface area contributed by atoms with Crippen LogP contribution in [-0.2, 0) is 0 Å². The van der Waals surface area contributed by atoms with E-state index >= 15 is 0 Å². The molecule has 0 aliphatic carbocycles. The molecule has 0 N–H and O–H groups in total. The van der Waals surface area contributed by atoms with Gasteiger partial charge in [0.05, 0.1) is 12.5 Å². The van der Waals surface area contributed by atoms with Crippen LogP contribution in [0, 0.1) is 0 Å². The van der Waals surface area contributed by atoms with Gasteiger partial charge in [-0.15, -0.1) is 0 Å². The molecule has 5 heterocycles. The number of aromatic nitrogens is 2. The Morgan fingerprint density at radius 1 is 0.871 bits per heavy atom. The quantitative estimate of drug-likeness (QED) is 0.492. The second-order valence-corrected chi connectivity index (χ2v) is 7.21. The molecule has 0 bridgehead atoms. The minimum Gasteiger partial charge on any atom is -0.461 e. The van der Waals surface area contributed by atoms with Crippen molar-refractivity contribution in [2.45, 2.75) is 13.0 Å². The van der Waals surface area contributed by atoms with Crippen LogP contribution in [0.3, 0.4) is 0 Å². The summed E-state index contributed by atoms with van der Waals surface area (Å²) in [5.41, 5.74) is 0.385. The third-order valence-electron chi connectivity index (χ3n) is 5.16. The van der Waals surface area contributed by atoms with E-state index in [-0.39, 0.29) is 29.2 Å². The van der Waals surface area contributed by atoms with Crippen molar-refractivity contribution in [2.75, 3.05) is 19.6 Å². The number of carbonyl (C=O) groups excluding carboxylic acids is 2. The van der Waals surface area contributed by atoms with Crippen LogP contribution in [0.1, 0.15) is 27.9 Å². The van der Waals surface area contributed by atoms with Crippen molar-refractivity contribution in [1.29, 1.82) is 0 Å². The van der Waals surface area contributed by atoms with E-state index in [9.17, 15) is 9.59 Å². The summed E-state index contributed by atoms with van der Waals surface area (Å²) < 4.78 is 21.0. The lowest BCUT2D eigenvalue weighted by Gasteiger charge is -2.39. The molecule has 0 spiro atoms. The zero-order valence-electron chi connectivity index (χ0n) is 16.6. The molecule has 1 aliphatic rings. The number of nitrogens with zero attached hydrogens (tertiary/aromatic N) is 4. The number of hydrogen-bond donors (Lipinski definition) is 0. The minimum atomic E-state index is -0.262. The molecule has 31 heavy (non-hydrogen) atoms. The molecule has 0 saturated carbocycles. The first-order valence-corrected chi connectivity index (χ1v) is 9.71. The molecule has 4 aromatic rings. The van der Waals surface area contributed by atoms with Gasteiger partial charge in [-0.25, -0.2) is 0 Å². The highest BCUT2D eigenvalue weighted by Crippen LogP contribution is 2.24. The maximum Gasteiger partial charge on any atom is 0.276 e. The Kier molecular flexibility index (Phi) is 4.66. The lowest BCUT2D eigenvalue weighted by Crippen LogP contribution is -2.55. The highest BCUT2D eigenvalue weighted by Gasteiger charge is 2.33. The molecule has 4 aromatic heterocycles. The van der Waals surface area contributed by atoms with Gasteiger partial charge >= 0.3 is 0 Å². The number of amides is 2. The summed E-state index contributed by atoms with van der Waals surface area (Å²) in [6.45, 7) is 2.96. The molecule has 1 fully saturated rings. The van der Waals surface area contributed by atoms with E-state index in [0.717, 1.165) is 0 Å². The molecular formula is C21H18N4O6. The summed E-state index contributed by atoms with van der Waals surface area (Å²) >= 11 is 0. The molecule has 10 heteroatoms. The monoisotopic (exact) mass is 422 g/mol. The zero-order chi connectivity index (χ0) is 21.4. The van der Waals surface area contributed by atoms with Crippen LogP contribution in [0.2, 0.25) is 0 Å². The molecule has 1 atom stereocenters. The SMILES string of the molecule is C[C@H]1CN(C(=O)c2cc(-c3ccco3)on2)CCN1C(=O)c1cc(-c2ccco2)on1. The molecule has 158 valence electrons. The van der Waals surface area contributed by atoms with Crippen LogP contribution in [-0.4, -0.2) is 57.6 Å².